The fourth-order valence-corrected chi connectivity index (χ4v) is 8.40. The Hall–Kier alpha value is -0.940. The highest BCUT2D eigenvalue weighted by atomic mass is 16.4. The average molecular weight is 407 g/mol. The summed E-state index contributed by atoms with van der Waals surface area (Å²) >= 11 is 0. The third-order valence-corrected chi connectivity index (χ3v) is 10.1. The molecule has 4 saturated carbocycles. The zero-order valence-corrected chi connectivity index (χ0v) is 18.1. The number of aliphatic carboxylic acids is 1. The van der Waals surface area contributed by atoms with Gasteiger partial charge in [-0.3, -0.25) is 9.59 Å². The highest BCUT2D eigenvalue weighted by molar-refractivity contribution is 5.83. The van der Waals surface area contributed by atoms with Crippen LogP contribution in [0.5, 0.6) is 0 Å². The quantitative estimate of drug-likeness (QED) is 0.662. The number of fused-ring (bicyclic) bond motifs is 5. The third-order valence-electron chi connectivity index (χ3n) is 10.1. The van der Waals surface area contributed by atoms with Gasteiger partial charge >= 0.3 is 5.97 Å². The van der Waals surface area contributed by atoms with E-state index in [2.05, 4.69) is 20.8 Å². The van der Waals surface area contributed by atoms with Crippen LogP contribution in [0.4, 0.5) is 0 Å². The van der Waals surface area contributed by atoms with Gasteiger partial charge in [-0.25, -0.2) is 0 Å². The summed E-state index contributed by atoms with van der Waals surface area (Å²) < 4.78 is 0. The van der Waals surface area contributed by atoms with Gasteiger partial charge in [0.1, 0.15) is 5.78 Å². The van der Waals surface area contributed by atoms with Gasteiger partial charge in [-0.05, 0) is 80.0 Å². The standard InChI is InChI=1S/C24H38O5/c1-13(4-7-21(28)29)16-5-6-17-22-18(12-20(27)24(16,17)3)23(2)9-8-15(25)10-14(23)11-19(22)26/h13-18,20,22,25,27H,4-12H2,1-3H3,(H,28,29)/t13?,14?,15?,16-,17+,18+,20?,22+,23+,24-/m1/s1. The van der Waals surface area contributed by atoms with Crippen LogP contribution in [-0.2, 0) is 9.59 Å². The van der Waals surface area contributed by atoms with Gasteiger partial charge in [-0.1, -0.05) is 20.8 Å². The fourth-order valence-electron chi connectivity index (χ4n) is 8.40. The number of hydrogen-bond donors (Lipinski definition) is 3. The molecule has 29 heavy (non-hydrogen) atoms. The normalized spacial score (nSPS) is 50.4. The monoisotopic (exact) mass is 406 g/mol. The Morgan fingerprint density at radius 3 is 2.55 bits per heavy atom. The number of aliphatic hydroxyl groups excluding tert-OH is 2. The summed E-state index contributed by atoms with van der Waals surface area (Å²) in [6.07, 6.45) is 5.74. The van der Waals surface area contributed by atoms with E-state index in [1.807, 2.05) is 0 Å². The Balaban J connectivity index is 1.62. The Morgan fingerprint density at radius 2 is 1.86 bits per heavy atom. The van der Waals surface area contributed by atoms with Crippen LogP contribution in [0.1, 0.15) is 78.6 Å². The molecule has 4 fully saturated rings. The average Bonchev–Trinajstić information content (AvgIpc) is 3.01. The van der Waals surface area contributed by atoms with E-state index in [1.165, 1.54) is 0 Å². The summed E-state index contributed by atoms with van der Waals surface area (Å²) in [6, 6.07) is 0. The van der Waals surface area contributed by atoms with Gasteiger partial charge in [0.25, 0.3) is 0 Å². The van der Waals surface area contributed by atoms with Gasteiger partial charge in [0.2, 0.25) is 0 Å². The lowest BCUT2D eigenvalue weighted by atomic mass is 9.43. The van der Waals surface area contributed by atoms with E-state index in [0.717, 1.165) is 32.1 Å². The summed E-state index contributed by atoms with van der Waals surface area (Å²) in [5, 5.41) is 30.7. The van der Waals surface area contributed by atoms with Crippen molar-refractivity contribution < 1.29 is 24.9 Å². The SMILES string of the molecule is CC(CCC(=O)O)[C@H]1CC[C@H]2[C@@H]3C(=O)CC4CC(O)CC[C@]4(C)[C@H]3CC(O)[C@]12C. The van der Waals surface area contributed by atoms with E-state index < -0.39 is 12.1 Å². The van der Waals surface area contributed by atoms with Crippen molar-refractivity contribution >= 4 is 11.8 Å². The molecule has 0 heterocycles. The lowest BCUT2D eigenvalue weighted by Crippen LogP contribution is -2.61. The second kappa shape index (κ2) is 7.33. The van der Waals surface area contributed by atoms with Crippen molar-refractivity contribution in [3.63, 3.8) is 0 Å². The molecule has 4 aliphatic rings. The molecule has 0 amide bonds. The number of rotatable bonds is 4. The Labute approximate surface area is 174 Å². The molecule has 3 N–H and O–H groups in total. The zero-order chi connectivity index (χ0) is 21.1. The number of Topliss-reactive ketones (excluding diaryl/α,β-unsaturated/α-hetero) is 1. The van der Waals surface area contributed by atoms with Gasteiger partial charge in [-0.2, -0.15) is 0 Å². The second-order valence-electron chi connectivity index (χ2n) is 11.3. The molecule has 5 nitrogen and oxygen atoms in total. The molecule has 10 atom stereocenters. The van der Waals surface area contributed by atoms with Crippen LogP contribution in [0.3, 0.4) is 0 Å². The molecule has 4 aliphatic carbocycles. The van der Waals surface area contributed by atoms with Crippen molar-refractivity contribution in [2.75, 3.05) is 0 Å². The smallest absolute Gasteiger partial charge is 0.303 e. The van der Waals surface area contributed by atoms with Crippen molar-refractivity contribution in [2.24, 2.45) is 46.3 Å². The summed E-state index contributed by atoms with van der Waals surface area (Å²) in [5.41, 5.74) is -0.265. The molecule has 0 spiro atoms. The highest BCUT2D eigenvalue weighted by Crippen LogP contribution is 2.67. The van der Waals surface area contributed by atoms with Crippen LogP contribution >= 0.6 is 0 Å². The van der Waals surface area contributed by atoms with E-state index in [4.69, 9.17) is 5.11 Å². The maximum atomic E-state index is 13.4. The van der Waals surface area contributed by atoms with Crippen LogP contribution in [0.25, 0.3) is 0 Å². The number of ketones is 1. The number of carboxylic acids is 1. The third kappa shape index (κ3) is 3.18. The van der Waals surface area contributed by atoms with Crippen molar-refractivity contribution in [3.8, 4) is 0 Å². The van der Waals surface area contributed by atoms with Gasteiger partial charge in [0, 0.05) is 24.2 Å². The highest BCUT2D eigenvalue weighted by Gasteiger charge is 2.65. The molecule has 0 aliphatic heterocycles. The zero-order valence-electron chi connectivity index (χ0n) is 18.1. The molecule has 0 aromatic rings. The van der Waals surface area contributed by atoms with E-state index in [0.29, 0.717) is 25.0 Å². The number of aliphatic hydroxyl groups is 2. The molecule has 0 aromatic carbocycles. The first-order valence-corrected chi connectivity index (χ1v) is 11.7. The molecule has 0 saturated heterocycles. The van der Waals surface area contributed by atoms with Crippen LogP contribution in [-0.4, -0.2) is 39.3 Å². The number of carbonyl (C=O) groups is 2. The van der Waals surface area contributed by atoms with Crippen molar-refractivity contribution in [1.29, 1.82) is 0 Å². The van der Waals surface area contributed by atoms with Crippen LogP contribution in [0.15, 0.2) is 0 Å². The largest absolute Gasteiger partial charge is 0.481 e. The molecule has 164 valence electrons. The van der Waals surface area contributed by atoms with E-state index >= 15 is 0 Å². The summed E-state index contributed by atoms with van der Waals surface area (Å²) in [6.45, 7) is 6.62. The minimum atomic E-state index is -0.762. The minimum Gasteiger partial charge on any atom is -0.481 e. The first-order chi connectivity index (χ1) is 13.6. The summed E-state index contributed by atoms with van der Waals surface area (Å²) in [7, 11) is 0. The first-order valence-electron chi connectivity index (χ1n) is 11.7. The maximum absolute atomic E-state index is 13.4. The number of carboxylic acid groups (broad SMARTS) is 1. The topological polar surface area (TPSA) is 94.8 Å². The Morgan fingerprint density at radius 1 is 1.14 bits per heavy atom. The van der Waals surface area contributed by atoms with Gasteiger partial charge in [0.05, 0.1) is 12.2 Å². The predicted octanol–water partition coefficient (Wildman–Crippen LogP) is 3.66. The first kappa shape index (κ1) is 21.3. The molecule has 4 unspecified atom stereocenters. The minimum absolute atomic E-state index is 0.0246. The second-order valence-corrected chi connectivity index (χ2v) is 11.3. The van der Waals surface area contributed by atoms with Crippen molar-refractivity contribution in [2.45, 2.75) is 90.8 Å². The number of hydrogen-bond acceptors (Lipinski definition) is 4. The lowest BCUT2D eigenvalue weighted by Gasteiger charge is -2.61. The van der Waals surface area contributed by atoms with Crippen molar-refractivity contribution in [1.82, 2.24) is 0 Å². The predicted molar refractivity (Wildman–Crippen MR) is 109 cm³/mol. The van der Waals surface area contributed by atoms with E-state index in [-0.39, 0.29) is 58.9 Å². The molecule has 0 bridgehead atoms. The van der Waals surface area contributed by atoms with Gasteiger partial charge < -0.3 is 15.3 Å². The maximum Gasteiger partial charge on any atom is 0.303 e. The van der Waals surface area contributed by atoms with E-state index in [1.54, 1.807) is 0 Å². The molecule has 4 rings (SSSR count). The van der Waals surface area contributed by atoms with Crippen LogP contribution in [0, 0.1) is 46.3 Å². The molecular formula is C24H38O5. The number of carbonyl (C=O) groups excluding carboxylic acids is 1. The van der Waals surface area contributed by atoms with Gasteiger partial charge in [0.15, 0.2) is 0 Å². The Kier molecular flexibility index (Phi) is 5.39. The Bertz CT molecular complexity index is 676. The summed E-state index contributed by atoms with van der Waals surface area (Å²) in [5.74, 6) is 0.775. The van der Waals surface area contributed by atoms with Crippen LogP contribution in [0.2, 0.25) is 0 Å². The molecular weight excluding hydrogens is 368 g/mol. The van der Waals surface area contributed by atoms with Crippen LogP contribution < -0.4 is 0 Å². The molecule has 5 heteroatoms. The molecule has 0 radical (unpaired) electrons. The van der Waals surface area contributed by atoms with Crippen molar-refractivity contribution in [3.05, 3.63) is 0 Å². The van der Waals surface area contributed by atoms with E-state index in [9.17, 15) is 19.8 Å². The molecule has 0 aromatic heterocycles. The summed E-state index contributed by atoms with van der Waals surface area (Å²) in [4.78, 5) is 24.4. The lowest BCUT2D eigenvalue weighted by molar-refractivity contribution is -0.182. The fraction of sp³-hybridized carbons (Fsp3) is 0.917. The van der Waals surface area contributed by atoms with Gasteiger partial charge in [-0.15, -0.1) is 0 Å².